The maximum atomic E-state index is 13.2. The zero-order chi connectivity index (χ0) is 14.7. The van der Waals surface area contributed by atoms with E-state index in [9.17, 15) is 26.7 Å². The molecular weight excluding hydrogens is 263 g/mol. The molecule has 0 spiro atoms. The molecule has 3 atom stereocenters. The SMILES string of the molecule is CCC(C)C(=O)OC(C)C(F)(F)C(O)C(F)(F)F. The summed E-state index contributed by atoms with van der Waals surface area (Å²) in [6.07, 6.45) is -11.4. The molecule has 18 heavy (non-hydrogen) atoms. The zero-order valence-corrected chi connectivity index (χ0v) is 10.1. The van der Waals surface area contributed by atoms with Gasteiger partial charge in [-0.05, 0) is 13.3 Å². The Labute approximate surface area is 101 Å². The zero-order valence-electron chi connectivity index (χ0n) is 10.1. The van der Waals surface area contributed by atoms with Crippen molar-refractivity contribution in [2.75, 3.05) is 0 Å². The second kappa shape index (κ2) is 5.81. The van der Waals surface area contributed by atoms with E-state index in [-0.39, 0.29) is 0 Å². The number of ether oxygens (including phenoxy) is 1. The quantitative estimate of drug-likeness (QED) is 0.621. The summed E-state index contributed by atoms with van der Waals surface area (Å²) in [6.45, 7) is 3.60. The van der Waals surface area contributed by atoms with Gasteiger partial charge in [-0.2, -0.15) is 22.0 Å². The molecule has 1 N–H and O–H groups in total. The lowest BCUT2D eigenvalue weighted by molar-refractivity contribution is -0.290. The molecule has 0 aliphatic rings. The number of aliphatic hydroxyl groups excluding tert-OH is 1. The Morgan fingerprint density at radius 1 is 1.22 bits per heavy atom. The van der Waals surface area contributed by atoms with Crippen LogP contribution in [0.2, 0.25) is 0 Å². The average molecular weight is 278 g/mol. The third kappa shape index (κ3) is 4.08. The molecule has 108 valence electrons. The number of esters is 1. The number of alkyl halides is 5. The Kier molecular flexibility index (Phi) is 5.52. The number of carbonyl (C=O) groups excluding carboxylic acids is 1. The van der Waals surface area contributed by atoms with Crippen LogP contribution in [0, 0.1) is 5.92 Å². The highest BCUT2D eigenvalue weighted by Gasteiger charge is 2.59. The van der Waals surface area contributed by atoms with Crippen molar-refractivity contribution in [3.63, 3.8) is 0 Å². The second-order valence-electron chi connectivity index (χ2n) is 4.01. The van der Waals surface area contributed by atoms with Gasteiger partial charge < -0.3 is 9.84 Å². The smallest absolute Gasteiger partial charge is 0.420 e. The molecule has 0 bridgehead atoms. The normalized spacial score (nSPS) is 18.1. The van der Waals surface area contributed by atoms with Crippen molar-refractivity contribution < 1.29 is 36.6 Å². The van der Waals surface area contributed by atoms with Crippen LogP contribution in [0.1, 0.15) is 27.2 Å². The predicted octanol–water partition coefficient (Wildman–Crippen LogP) is 2.52. The third-order valence-electron chi connectivity index (χ3n) is 2.52. The van der Waals surface area contributed by atoms with E-state index in [4.69, 9.17) is 5.11 Å². The highest BCUT2D eigenvalue weighted by molar-refractivity contribution is 5.72. The lowest BCUT2D eigenvalue weighted by Crippen LogP contribution is -2.52. The lowest BCUT2D eigenvalue weighted by Gasteiger charge is -2.29. The Hall–Kier alpha value is -0.920. The minimum absolute atomic E-state index is 0.305. The summed E-state index contributed by atoms with van der Waals surface area (Å²) in [5.74, 6) is -6.33. The van der Waals surface area contributed by atoms with E-state index in [0.717, 1.165) is 0 Å². The van der Waals surface area contributed by atoms with E-state index in [2.05, 4.69) is 4.74 Å². The van der Waals surface area contributed by atoms with Gasteiger partial charge in [-0.15, -0.1) is 0 Å². The summed E-state index contributed by atoms with van der Waals surface area (Å²) in [5.41, 5.74) is 0. The summed E-state index contributed by atoms with van der Waals surface area (Å²) in [5, 5.41) is 8.53. The van der Waals surface area contributed by atoms with E-state index in [1.807, 2.05) is 0 Å². The lowest BCUT2D eigenvalue weighted by atomic mass is 10.1. The maximum absolute atomic E-state index is 13.2. The van der Waals surface area contributed by atoms with Crippen LogP contribution in [0.5, 0.6) is 0 Å². The van der Waals surface area contributed by atoms with Crippen molar-refractivity contribution in [2.24, 2.45) is 5.92 Å². The predicted molar refractivity (Wildman–Crippen MR) is 52.0 cm³/mol. The maximum Gasteiger partial charge on any atom is 0.420 e. The molecule has 0 saturated heterocycles. The average Bonchev–Trinajstić information content (AvgIpc) is 2.25. The van der Waals surface area contributed by atoms with Crippen molar-refractivity contribution in [3.8, 4) is 0 Å². The van der Waals surface area contributed by atoms with E-state index >= 15 is 0 Å². The fourth-order valence-corrected chi connectivity index (χ4v) is 0.976. The van der Waals surface area contributed by atoms with Gasteiger partial charge in [0.15, 0.2) is 6.10 Å². The van der Waals surface area contributed by atoms with Crippen LogP contribution in [-0.2, 0) is 9.53 Å². The van der Waals surface area contributed by atoms with E-state index < -0.39 is 36.2 Å². The van der Waals surface area contributed by atoms with E-state index in [0.29, 0.717) is 13.3 Å². The number of rotatable bonds is 5. The first-order valence-electron chi connectivity index (χ1n) is 5.27. The van der Waals surface area contributed by atoms with Crippen molar-refractivity contribution in [1.29, 1.82) is 0 Å². The van der Waals surface area contributed by atoms with Crippen molar-refractivity contribution in [2.45, 2.75) is 51.5 Å². The van der Waals surface area contributed by atoms with Crippen LogP contribution in [0.25, 0.3) is 0 Å². The van der Waals surface area contributed by atoms with Gasteiger partial charge in [-0.3, -0.25) is 4.79 Å². The molecule has 0 radical (unpaired) electrons. The van der Waals surface area contributed by atoms with Crippen molar-refractivity contribution in [3.05, 3.63) is 0 Å². The topological polar surface area (TPSA) is 46.5 Å². The molecule has 0 rings (SSSR count). The van der Waals surface area contributed by atoms with Gasteiger partial charge in [0, 0.05) is 0 Å². The van der Waals surface area contributed by atoms with Crippen LogP contribution < -0.4 is 0 Å². The van der Waals surface area contributed by atoms with Gasteiger partial charge in [0.05, 0.1) is 5.92 Å². The number of carbonyl (C=O) groups is 1. The summed E-state index contributed by atoms with van der Waals surface area (Å²) in [7, 11) is 0. The Morgan fingerprint density at radius 3 is 2.00 bits per heavy atom. The van der Waals surface area contributed by atoms with E-state index in [1.165, 1.54) is 6.92 Å². The van der Waals surface area contributed by atoms with Gasteiger partial charge >= 0.3 is 18.1 Å². The summed E-state index contributed by atoms with van der Waals surface area (Å²) < 4.78 is 66.6. The first-order valence-corrected chi connectivity index (χ1v) is 5.27. The number of hydrogen-bond donors (Lipinski definition) is 1. The number of aliphatic hydroxyl groups is 1. The molecule has 3 nitrogen and oxygen atoms in total. The first kappa shape index (κ1) is 17.1. The summed E-state index contributed by atoms with van der Waals surface area (Å²) in [6, 6.07) is 0. The molecule has 3 unspecified atom stereocenters. The fourth-order valence-electron chi connectivity index (χ4n) is 0.976. The van der Waals surface area contributed by atoms with Gasteiger partial charge in [0.1, 0.15) is 0 Å². The first-order chi connectivity index (χ1) is 7.94. The van der Waals surface area contributed by atoms with Gasteiger partial charge in [-0.1, -0.05) is 13.8 Å². The standard InChI is InChI=1S/C10H15F5O3/c1-4-5(2)7(16)18-6(3)9(11,12)8(17)10(13,14)15/h5-6,8,17H,4H2,1-3H3. The monoisotopic (exact) mass is 278 g/mol. The van der Waals surface area contributed by atoms with Gasteiger partial charge in [-0.25, -0.2) is 0 Å². The van der Waals surface area contributed by atoms with E-state index in [1.54, 1.807) is 6.92 Å². The largest absolute Gasteiger partial charge is 0.456 e. The fraction of sp³-hybridized carbons (Fsp3) is 0.900. The minimum atomic E-state index is -5.49. The molecule has 0 aromatic heterocycles. The number of halogens is 5. The van der Waals surface area contributed by atoms with Crippen LogP contribution >= 0.6 is 0 Å². The molecule has 0 aromatic carbocycles. The van der Waals surface area contributed by atoms with Crippen molar-refractivity contribution in [1.82, 2.24) is 0 Å². The molecule has 0 fully saturated rings. The molecule has 0 amide bonds. The molecule has 0 heterocycles. The van der Waals surface area contributed by atoms with Crippen LogP contribution in [-0.4, -0.2) is 35.4 Å². The molecular formula is C10H15F5O3. The Morgan fingerprint density at radius 2 is 1.67 bits per heavy atom. The Bertz CT molecular complexity index is 290. The molecule has 0 aliphatic heterocycles. The van der Waals surface area contributed by atoms with Crippen LogP contribution in [0.15, 0.2) is 0 Å². The molecule has 0 aliphatic carbocycles. The van der Waals surface area contributed by atoms with Crippen LogP contribution in [0.3, 0.4) is 0 Å². The Balaban J connectivity index is 4.76. The van der Waals surface area contributed by atoms with Crippen LogP contribution in [0.4, 0.5) is 22.0 Å². The molecule has 0 aromatic rings. The molecule has 0 saturated carbocycles. The minimum Gasteiger partial charge on any atom is -0.456 e. The third-order valence-corrected chi connectivity index (χ3v) is 2.52. The van der Waals surface area contributed by atoms with Gasteiger partial charge in [0.25, 0.3) is 0 Å². The highest BCUT2D eigenvalue weighted by Crippen LogP contribution is 2.35. The number of hydrogen-bond acceptors (Lipinski definition) is 3. The highest BCUT2D eigenvalue weighted by atomic mass is 19.4. The van der Waals surface area contributed by atoms with Gasteiger partial charge in [0.2, 0.25) is 6.10 Å². The summed E-state index contributed by atoms with van der Waals surface area (Å²) in [4.78, 5) is 11.2. The van der Waals surface area contributed by atoms with Crippen molar-refractivity contribution >= 4 is 5.97 Å². The molecule has 8 heteroatoms. The second-order valence-corrected chi connectivity index (χ2v) is 4.01. The summed E-state index contributed by atoms with van der Waals surface area (Å²) >= 11 is 0.